The second-order valence-electron chi connectivity index (χ2n) is 12.6. The zero-order valence-corrected chi connectivity index (χ0v) is 31.6. The van der Waals surface area contributed by atoms with Gasteiger partial charge in [0.05, 0.1) is 24.8 Å². The number of ether oxygens (including phenoxy) is 4. The summed E-state index contributed by atoms with van der Waals surface area (Å²) in [7, 11) is 2.66. The van der Waals surface area contributed by atoms with E-state index in [2.05, 4.69) is 0 Å². The second kappa shape index (κ2) is 21.1. The van der Waals surface area contributed by atoms with Crippen molar-refractivity contribution in [2.75, 3.05) is 44.7 Å². The van der Waals surface area contributed by atoms with Crippen LogP contribution in [0.15, 0.2) is 66.7 Å². The molecule has 3 aromatic rings. The number of alkyl halides is 3. The number of nitrogens with zero attached hydrogens (tertiary/aromatic N) is 2. The van der Waals surface area contributed by atoms with Gasteiger partial charge in [0.15, 0.2) is 0 Å². The molecule has 3 unspecified atom stereocenters. The average Bonchev–Trinajstić information content (AvgIpc) is 3.16. The molecule has 0 bridgehead atoms. The van der Waals surface area contributed by atoms with Crippen LogP contribution in [-0.2, 0) is 31.5 Å². The summed E-state index contributed by atoms with van der Waals surface area (Å²) in [6.45, 7) is 3.64. The van der Waals surface area contributed by atoms with Crippen molar-refractivity contribution in [1.82, 2.24) is 9.80 Å². The summed E-state index contributed by atoms with van der Waals surface area (Å²) in [6, 6.07) is 18.4. The fourth-order valence-corrected chi connectivity index (χ4v) is 7.34. The van der Waals surface area contributed by atoms with E-state index in [0.717, 1.165) is 28.5 Å². The van der Waals surface area contributed by atoms with Gasteiger partial charge in [0.25, 0.3) is 0 Å². The molecular formula is C37H47F3N2O10S2. The molecule has 298 valence electrons. The van der Waals surface area contributed by atoms with E-state index in [9.17, 15) is 43.2 Å². The first-order valence-corrected chi connectivity index (χ1v) is 20.0. The largest absolute Gasteiger partial charge is 0.437 e. The lowest BCUT2D eigenvalue weighted by Crippen LogP contribution is -2.60. The Kier molecular flexibility index (Phi) is 17.0. The minimum absolute atomic E-state index is 0.0171. The first kappa shape index (κ1) is 43.4. The molecule has 4 rings (SSSR count). The minimum atomic E-state index is -4.44. The van der Waals surface area contributed by atoms with Gasteiger partial charge in [0.1, 0.15) is 37.1 Å². The first-order chi connectivity index (χ1) is 25.8. The Bertz CT molecular complexity index is 1630. The number of hydrogen-bond donors (Lipinski definition) is 4. The summed E-state index contributed by atoms with van der Waals surface area (Å²) in [5.41, 5.74) is 0.721. The van der Waals surface area contributed by atoms with Crippen molar-refractivity contribution in [1.29, 1.82) is 0 Å². The van der Waals surface area contributed by atoms with Crippen LogP contribution in [-0.4, -0.2) is 118 Å². The standard InChI is InChI=1S/C37H47F3N2O10S2/c1-3-16-41(35(47)52-34-33(46)32(45)31(44)30(21-43)51-34)22-49-18-19-53-54-23-50-36(48)42(17-8-10-25-9-6-13-27(20-25)37(38,39)40)24(2)28-15-7-12-26-11-4-5-14-29(26)28/h4-7,9,11-15,20,24,30-34,43-46H,3,8,10,16-19,21-23H2,1-2H3/t24-,30?,31+,32?,33-,34?/m1/s1. The third-order valence-corrected chi connectivity index (χ3v) is 10.8. The Balaban J connectivity index is 1.25. The van der Waals surface area contributed by atoms with Crippen molar-refractivity contribution in [2.24, 2.45) is 0 Å². The minimum Gasteiger partial charge on any atom is -0.437 e. The zero-order chi connectivity index (χ0) is 39.3. The van der Waals surface area contributed by atoms with E-state index in [1.807, 2.05) is 56.3 Å². The number of halogens is 3. The van der Waals surface area contributed by atoms with Crippen LogP contribution in [0.25, 0.3) is 10.8 Å². The lowest BCUT2D eigenvalue weighted by Gasteiger charge is -2.39. The fraction of sp³-hybridized carbons (Fsp3) is 0.514. The van der Waals surface area contributed by atoms with Crippen molar-refractivity contribution in [3.05, 3.63) is 83.4 Å². The van der Waals surface area contributed by atoms with Gasteiger partial charge in [-0.25, -0.2) is 9.59 Å². The van der Waals surface area contributed by atoms with Gasteiger partial charge in [-0.15, -0.1) is 0 Å². The van der Waals surface area contributed by atoms with Crippen LogP contribution in [0.3, 0.4) is 0 Å². The number of amides is 2. The molecular weight excluding hydrogens is 754 g/mol. The van der Waals surface area contributed by atoms with Gasteiger partial charge in [-0.2, -0.15) is 13.2 Å². The van der Waals surface area contributed by atoms with Crippen LogP contribution < -0.4 is 0 Å². The van der Waals surface area contributed by atoms with Crippen molar-refractivity contribution in [3.63, 3.8) is 0 Å². The average molecular weight is 801 g/mol. The fourth-order valence-electron chi connectivity index (χ4n) is 5.92. The van der Waals surface area contributed by atoms with Crippen LogP contribution in [0.2, 0.25) is 0 Å². The molecule has 0 aliphatic carbocycles. The smallest absolute Gasteiger partial charge is 0.416 e. The lowest BCUT2D eigenvalue weighted by atomic mass is 9.98. The monoisotopic (exact) mass is 800 g/mol. The molecule has 1 saturated heterocycles. The number of aliphatic hydroxyl groups is 4. The highest BCUT2D eigenvalue weighted by atomic mass is 33.1. The molecule has 2 amide bonds. The van der Waals surface area contributed by atoms with Gasteiger partial charge >= 0.3 is 18.4 Å². The van der Waals surface area contributed by atoms with E-state index >= 15 is 0 Å². The Labute approximate surface area is 319 Å². The SMILES string of the molecule is CCCN(COCCSSCOC(=O)N(CCCc1cccc(C(F)(F)F)c1)[C@H](C)c1cccc2ccccc12)C(=O)OC1OC(CO)[C@H](O)C(O)[C@H]1O. The highest BCUT2D eigenvalue weighted by molar-refractivity contribution is 8.76. The number of hydrogen-bond acceptors (Lipinski definition) is 12. The van der Waals surface area contributed by atoms with Gasteiger partial charge in [-0.1, -0.05) is 89.2 Å². The van der Waals surface area contributed by atoms with Gasteiger partial charge < -0.3 is 44.3 Å². The maximum Gasteiger partial charge on any atom is 0.416 e. The van der Waals surface area contributed by atoms with Crippen LogP contribution in [0.5, 0.6) is 0 Å². The molecule has 3 aromatic carbocycles. The molecule has 0 saturated carbocycles. The number of rotatable bonds is 18. The molecule has 0 spiro atoms. The van der Waals surface area contributed by atoms with E-state index in [1.165, 1.54) is 32.6 Å². The van der Waals surface area contributed by atoms with E-state index < -0.39 is 67.3 Å². The molecule has 17 heteroatoms. The van der Waals surface area contributed by atoms with E-state index in [1.54, 1.807) is 11.0 Å². The van der Waals surface area contributed by atoms with Crippen molar-refractivity contribution >= 4 is 44.5 Å². The predicted octanol–water partition coefficient (Wildman–Crippen LogP) is 5.95. The number of carbonyl (C=O) groups is 2. The zero-order valence-electron chi connectivity index (χ0n) is 30.0. The van der Waals surface area contributed by atoms with Crippen LogP contribution in [0, 0.1) is 0 Å². The number of aryl methyl sites for hydroxylation is 1. The van der Waals surface area contributed by atoms with E-state index in [0.29, 0.717) is 30.6 Å². The summed E-state index contributed by atoms with van der Waals surface area (Å²) in [4.78, 5) is 29.1. The molecule has 1 aliphatic rings. The van der Waals surface area contributed by atoms with Gasteiger partial charge in [-0.3, -0.25) is 4.90 Å². The topological polar surface area (TPSA) is 158 Å². The molecule has 54 heavy (non-hydrogen) atoms. The molecule has 1 aliphatic heterocycles. The van der Waals surface area contributed by atoms with E-state index in [4.69, 9.17) is 18.9 Å². The normalized spacial score (nSPS) is 20.7. The van der Waals surface area contributed by atoms with Crippen LogP contribution >= 0.6 is 21.6 Å². The second-order valence-corrected chi connectivity index (χ2v) is 15.1. The van der Waals surface area contributed by atoms with Crippen molar-refractivity contribution in [2.45, 2.75) is 76.0 Å². The summed E-state index contributed by atoms with van der Waals surface area (Å²) >= 11 is 0. The van der Waals surface area contributed by atoms with Gasteiger partial charge in [0.2, 0.25) is 6.29 Å². The molecule has 0 aromatic heterocycles. The van der Waals surface area contributed by atoms with Gasteiger partial charge in [0, 0.05) is 18.8 Å². The molecule has 1 heterocycles. The number of fused-ring (bicyclic) bond motifs is 1. The summed E-state index contributed by atoms with van der Waals surface area (Å²) in [6.07, 6.45) is -12.4. The third kappa shape index (κ3) is 12.1. The summed E-state index contributed by atoms with van der Waals surface area (Å²) < 4.78 is 61.5. The molecule has 1 fully saturated rings. The molecule has 0 radical (unpaired) electrons. The Morgan fingerprint density at radius 1 is 0.944 bits per heavy atom. The molecule has 4 N–H and O–H groups in total. The highest BCUT2D eigenvalue weighted by Gasteiger charge is 2.45. The highest BCUT2D eigenvalue weighted by Crippen LogP contribution is 2.32. The Morgan fingerprint density at radius 3 is 2.43 bits per heavy atom. The number of benzene rings is 3. The predicted molar refractivity (Wildman–Crippen MR) is 198 cm³/mol. The Morgan fingerprint density at radius 2 is 1.69 bits per heavy atom. The molecule has 12 nitrogen and oxygen atoms in total. The van der Waals surface area contributed by atoms with Crippen LogP contribution in [0.4, 0.5) is 22.8 Å². The summed E-state index contributed by atoms with van der Waals surface area (Å²) in [5.74, 6) is 0.486. The van der Waals surface area contributed by atoms with Gasteiger partial charge in [-0.05, 0) is 54.2 Å². The number of carbonyl (C=O) groups excluding carboxylic acids is 2. The first-order valence-electron chi connectivity index (χ1n) is 17.5. The van der Waals surface area contributed by atoms with Crippen molar-refractivity contribution in [3.8, 4) is 0 Å². The third-order valence-electron chi connectivity index (χ3n) is 8.78. The van der Waals surface area contributed by atoms with Crippen LogP contribution in [0.1, 0.15) is 49.4 Å². The maximum atomic E-state index is 13.5. The Hall–Kier alpha value is -3.29. The maximum absolute atomic E-state index is 13.5. The molecule has 6 atom stereocenters. The van der Waals surface area contributed by atoms with E-state index in [-0.39, 0.29) is 32.4 Å². The lowest BCUT2D eigenvalue weighted by molar-refractivity contribution is -0.287. The quantitative estimate of drug-likeness (QED) is 0.0682. The van der Waals surface area contributed by atoms with Crippen molar-refractivity contribution < 1.29 is 62.1 Å². The number of aliphatic hydroxyl groups excluding tert-OH is 4. The summed E-state index contributed by atoms with van der Waals surface area (Å²) in [5, 5.41) is 41.4.